The van der Waals surface area contributed by atoms with Gasteiger partial charge in [-0.05, 0) is 43.3 Å². The first-order valence-electron chi connectivity index (χ1n) is 16.8. The van der Waals surface area contributed by atoms with Crippen molar-refractivity contribution in [1.29, 1.82) is 0 Å². The smallest absolute Gasteiger partial charge is 0.306 e. The Kier molecular flexibility index (Phi) is 6.32. The number of hydrogen-bond acceptors (Lipinski definition) is 7. The van der Waals surface area contributed by atoms with Gasteiger partial charge in [0, 0.05) is 23.1 Å². The molecule has 2 aliphatic rings. The summed E-state index contributed by atoms with van der Waals surface area (Å²) in [7, 11) is -4.11. The second-order valence-corrected chi connectivity index (χ2v) is 11.7. The maximum atomic E-state index is 13.7. The first-order valence-corrected chi connectivity index (χ1v) is 13.8. The Labute approximate surface area is 238 Å². The van der Waals surface area contributed by atoms with Crippen LogP contribution in [-0.2, 0) is 35.4 Å². The van der Waals surface area contributed by atoms with Crippen LogP contribution in [0.15, 0.2) is 59.5 Å². The van der Waals surface area contributed by atoms with Gasteiger partial charge >= 0.3 is 5.97 Å². The quantitative estimate of drug-likeness (QED) is 0.400. The molecule has 5 atom stereocenters. The number of ether oxygens (including phenoxy) is 3. The van der Waals surface area contributed by atoms with Crippen LogP contribution < -0.4 is 0 Å². The van der Waals surface area contributed by atoms with Gasteiger partial charge in [-0.3, -0.25) is 4.79 Å². The van der Waals surface area contributed by atoms with Crippen molar-refractivity contribution in [2.45, 2.75) is 63.3 Å². The van der Waals surface area contributed by atoms with Gasteiger partial charge in [0.25, 0.3) is 0 Å². The molecular weight excluding hydrogens is 506 g/mol. The van der Waals surface area contributed by atoms with Crippen LogP contribution in [0.3, 0.4) is 0 Å². The third kappa shape index (κ3) is 7.21. The van der Waals surface area contributed by atoms with Crippen LogP contribution in [0.1, 0.15) is 50.1 Å². The Morgan fingerprint density at radius 1 is 1.16 bits per heavy atom. The van der Waals surface area contributed by atoms with Crippen molar-refractivity contribution in [2.24, 2.45) is 17.7 Å². The average Bonchev–Trinajstić information content (AvgIpc) is 3.13. The largest absolute Gasteiger partial charge is 0.459 e. The van der Waals surface area contributed by atoms with Gasteiger partial charge in [0.15, 0.2) is 6.27 Å². The minimum Gasteiger partial charge on any atom is -0.459 e. The summed E-state index contributed by atoms with van der Waals surface area (Å²) in [4.78, 5) is 13.5. The van der Waals surface area contributed by atoms with Crippen molar-refractivity contribution in [3.8, 4) is 0 Å². The van der Waals surface area contributed by atoms with Gasteiger partial charge in [0.1, 0.15) is 6.08 Å². The highest BCUT2D eigenvalue weighted by Gasteiger charge is 2.44. The van der Waals surface area contributed by atoms with E-state index >= 15 is 0 Å². The third-order valence-electron chi connectivity index (χ3n) is 6.14. The minimum atomic E-state index is -4.11. The number of carbonyl (C=O) groups is 1. The van der Waals surface area contributed by atoms with E-state index in [1.807, 2.05) is 0 Å². The second-order valence-electron chi connectivity index (χ2n) is 9.75. The molecule has 8 nitrogen and oxygen atoms in total. The zero-order valence-electron chi connectivity index (χ0n) is 30.5. The van der Waals surface area contributed by atoms with Crippen LogP contribution in [0.2, 0.25) is 0 Å². The summed E-state index contributed by atoms with van der Waals surface area (Å²) in [6, 6.07) is 14.7. The van der Waals surface area contributed by atoms with Gasteiger partial charge in [-0.1, -0.05) is 61.9 Å². The van der Waals surface area contributed by atoms with Gasteiger partial charge in [-0.2, -0.15) is 4.31 Å². The van der Waals surface area contributed by atoms with Crippen LogP contribution in [-0.4, -0.2) is 68.5 Å². The molecule has 0 bridgehead atoms. The number of fused-ring (bicyclic) bond motifs is 1. The van der Waals surface area contributed by atoms with Crippen LogP contribution >= 0.6 is 0 Å². The van der Waals surface area contributed by atoms with Crippen LogP contribution in [0.25, 0.3) is 0 Å². The Hall–Kier alpha value is -2.30. The number of aliphatic hydroxyl groups excluding tert-OH is 1. The molecule has 0 unspecified atom stereocenters. The summed E-state index contributed by atoms with van der Waals surface area (Å²) in [5.41, 5.74) is 1.48. The monoisotopic (exact) mass is 554 g/mol. The number of aliphatic hydroxyl groups is 1. The molecule has 0 aromatic heterocycles. The van der Waals surface area contributed by atoms with Crippen molar-refractivity contribution in [3.05, 3.63) is 65.7 Å². The molecule has 0 radical (unpaired) electrons. The molecule has 2 heterocycles. The molecular formula is C29H39NO7S. The molecule has 1 N–H and O–H groups in total. The summed E-state index contributed by atoms with van der Waals surface area (Å²) >= 11 is 0. The van der Waals surface area contributed by atoms with Crippen LogP contribution in [0.5, 0.6) is 0 Å². The molecule has 2 aliphatic heterocycles. The topological polar surface area (TPSA) is 102 Å². The standard InChI is InChI=1S/C29H39NO7S/c1-20(2)17-30(38(33,34)24-11-9-21(3)10-12-24)18-26(31)23(15-22-7-5-4-6-8-22)16-28(32)37-27-19-36-29-25(27)13-14-35-29/h4-12,20,23,25-27,29,31H,13-19H2,1-3H3/t23-,25+,26-,27+,29-/m1/s1/i13D2,14D2,19D2,25D,27D,29D. The molecule has 0 spiro atoms. The fourth-order valence-corrected chi connectivity index (χ4v) is 5.81. The summed E-state index contributed by atoms with van der Waals surface area (Å²) in [6.07, 6.45) is -12.9. The third-order valence-corrected chi connectivity index (χ3v) is 7.98. The maximum absolute atomic E-state index is 13.7. The summed E-state index contributed by atoms with van der Waals surface area (Å²) in [5, 5.41) is 11.5. The number of aryl methyl sites for hydroxylation is 1. The number of benzene rings is 2. The zero-order chi connectivity index (χ0) is 35.4. The lowest BCUT2D eigenvalue weighted by Gasteiger charge is -2.30. The molecule has 38 heavy (non-hydrogen) atoms. The van der Waals surface area contributed by atoms with Crippen LogP contribution in [0.4, 0.5) is 0 Å². The van der Waals surface area contributed by atoms with E-state index in [0.29, 0.717) is 5.56 Å². The van der Waals surface area contributed by atoms with E-state index in [4.69, 9.17) is 26.5 Å². The molecule has 0 amide bonds. The Morgan fingerprint density at radius 3 is 2.55 bits per heavy atom. The fraction of sp³-hybridized carbons (Fsp3) is 0.552. The number of carbonyl (C=O) groups excluding carboxylic acids is 1. The van der Waals surface area contributed by atoms with Gasteiger partial charge in [-0.25, -0.2) is 8.42 Å². The van der Waals surface area contributed by atoms with Gasteiger partial charge in [0.2, 0.25) is 10.0 Å². The highest BCUT2D eigenvalue weighted by Crippen LogP contribution is 2.33. The van der Waals surface area contributed by atoms with Gasteiger partial charge < -0.3 is 19.3 Å². The zero-order valence-corrected chi connectivity index (χ0v) is 22.3. The van der Waals surface area contributed by atoms with Crippen molar-refractivity contribution < 1.29 is 44.9 Å². The summed E-state index contributed by atoms with van der Waals surface area (Å²) < 4.78 is 118. The lowest BCUT2D eigenvalue weighted by molar-refractivity contribution is -0.153. The first kappa shape index (κ1) is 18.9. The lowest BCUT2D eigenvalue weighted by Crippen LogP contribution is -2.43. The van der Waals surface area contributed by atoms with Gasteiger partial charge in [0.05, 0.1) is 44.7 Å². The Morgan fingerprint density at radius 2 is 1.87 bits per heavy atom. The molecule has 2 saturated heterocycles. The lowest BCUT2D eigenvalue weighted by atomic mass is 9.90. The predicted molar refractivity (Wildman–Crippen MR) is 143 cm³/mol. The number of sulfonamides is 1. The van der Waals surface area contributed by atoms with Crippen molar-refractivity contribution in [1.82, 2.24) is 4.31 Å². The van der Waals surface area contributed by atoms with E-state index < -0.39 is 78.7 Å². The molecule has 2 aromatic rings. The molecule has 0 aliphatic carbocycles. The van der Waals surface area contributed by atoms with E-state index in [9.17, 15) is 18.3 Å². The van der Waals surface area contributed by atoms with E-state index in [0.717, 1.165) is 9.87 Å². The van der Waals surface area contributed by atoms with Gasteiger partial charge in [-0.15, -0.1) is 0 Å². The van der Waals surface area contributed by atoms with E-state index in [1.165, 1.54) is 12.1 Å². The average molecular weight is 555 g/mol. The number of esters is 1. The number of nitrogens with zero attached hydrogens (tertiary/aromatic N) is 1. The number of rotatable bonds is 12. The summed E-state index contributed by atoms with van der Waals surface area (Å²) in [5.74, 6) is -6.24. The molecule has 2 fully saturated rings. The SMILES string of the molecule is [2H]C1([2H])O[C@]2([2H])OC([2H])([2H])[C@]([2H])(OC(=O)C[C@@H](Cc3ccccc3)[C@H](O)CN(CC(C)C)S(=O)(=O)c3ccc(C)cc3)[C@]2([2H])C1([2H])[2H]. The molecule has 4 rings (SSSR count). The van der Waals surface area contributed by atoms with E-state index in [-0.39, 0.29) is 23.8 Å². The van der Waals surface area contributed by atoms with Crippen molar-refractivity contribution in [2.75, 3.05) is 26.2 Å². The molecule has 9 heteroatoms. The molecule has 2 aromatic carbocycles. The van der Waals surface area contributed by atoms with Crippen molar-refractivity contribution >= 4 is 16.0 Å². The van der Waals surface area contributed by atoms with Crippen LogP contribution in [0, 0.1) is 24.7 Å². The normalized spacial score (nSPS) is 36.2. The molecule has 0 saturated carbocycles. The summed E-state index contributed by atoms with van der Waals surface area (Å²) in [6.45, 7) is -1.95. The maximum Gasteiger partial charge on any atom is 0.306 e. The van der Waals surface area contributed by atoms with E-state index in [1.54, 1.807) is 63.2 Å². The second kappa shape index (κ2) is 12.7. The number of hydrogen-bond donors (Lipinski definition) is 1. The van der Waals surface area contributed by atoms with E-state index in [2.05, 4.69) is 0 Å². The highest BCUT2D eigenvalue weighted by molar-refractivity contribution is 7.89. The first-order chi connectivity index (χ1) is 21.4. The highest BCUT2D eigenvalue weighted by atomic mass is 32.2. The predicted octanol–water partition coefficient (Wildman–Crippen LogP) is 3.56. The minimum absolute atomic E-state index is 0.00196. The molecule has 208 valence electrons. The fourth-order valence-electron chi connectivity index (χ4n) is 4.19. The Balaban J connectivity index is 1.66. The van der Waals surface area contributed by atoms with Crippen molar-refractivity contribution in [3.63, 3.8) is 0 Å². The Bertz CT molecular complexity index is 1570.